The predicted molar refractivity (Wildman–Crippen MR) is 79.9 cm³/mol. The molecule has 1 atom stereocenters. The number of hydrogen-bond donors (Lipinski definition) is 1. The molecule has 5 heteroatoms. The summed E-state index contributed by atoms with van der Waals surface area (Å²) < 4.78 is 5.50. The summed E-state index contributed by atoms with van der Waals surface area (Å²) in [7, 11) is 0. The number of carbonyl (C=O) groups excluding carboxylic acids is 1. The molecule has 0 bridgehead atoms. The first-order valence-electron chi connectivity index (χ1n) is 7.07. The average molecular weight is 297 g/mol. The van der Waals surface area contributed by atoms with E-state index in [-0.39, 0.29) is 18.7 Å². The molecule has 20 heavy (non-hydrogen) atoms. The van der Waals surface area contributed by atoms with Crippen molar-refractivity contribution >= 4 is 17.4 Å². The summed E-state index contributed by atoms with van der Waals surface area (Å²) in [5.41, 5.74) is 0.708. The van der Waals surface area contributed by atoms with Gasteiger partial charge in [-0.05, 0) is 45.2 Å². The van der Waals surface area contributed by atoms with Crippen LogP contribution in [0.1, 0.15) is 55.5 Å². The molecule has 2 rings (SSSR count). The standard InChI is InChI=1S/C15H23NO3S/c1-5-12-11-8-10(9-17)20-13(11)6-7-16(12)14(18)19-15(2,3)4/h8,12,17H,5-7,9H2,1-4H3. The Bertz CT molecular complexity index is 490. The van der Waals surface area contributed by atoms with E-state index in [2.05, 4.69) is 6.92 Å². The Hall–Kier alpha value is -1.07. The summed E-state index contributed by atoms with van der Waals surface area (Å²) in [5.74, 6) is 0. The third-order valence-corrected chi connectivity index (χ3v) is 4.57. The van der Waals surface area contributed by atoms with Crippen LogP contribution >= 0.6 is 11.3 Å². The normalized spacial score (nSPS) is 18.9. The van der Waals surface area contributed by atoms with E-state index in [4.69, 9.17) is 4.74 Å². The SMILES string of the molecule is CCC1c2cc(CO)sc2CCN1C(=O)OC(C)(C)C. The van der Waals surface area contributed by atoms with E-state index in [1.165, 1.54) is 10.4 Å². The fourth-order valence-corrected chi connectivity index (χ4v) is 3.65. The van der Waals surface area contributed by atoms with Crippen molar-refractivity contribution in [2.75, 3.05) is 6.54 Å². The molecule has 0 saturated carbocycles. The van der Waals surface area contributed by atoms with Crippen molar-refractivity contribution in [3.05, 3.63) is 21.4 Å². The number of aliphatic hydroxyl groups is 1. The molecule has 0 aromatic carbocycles. The van der Waals surface area contributed by atoms with Crippen LogP contribution in [0.5, 0.6) is 0 Å². The molecule has 4 nitrogen and oxygen atoms in total. The number of fused-ring (bicyclic) bond motifs is 1. The van der Waals surface area contributed by atoms with Gasteiger partial charge in [-0.1, -0.05) is 6.92 Å². The lowest BCUT2D eigenvalue weighted by atomic mass is 9.98. The zero-order chi connectivity index (χ0) is 14.9. The molecule has 1 aromatic heterocycles. The summed E-state index contributed by atoms with van der Waals surface area (Å²) in [6.45, 7) is 8.49. The van der Waals surface area contributed by atoms with Gasteiger partial charge in [0.05, 0.1) is 12.6 Å². The summed E-state index contributed by atoms with van der Waals surface area (Å²) >= 11 is 1.65. The Labute approximate surface area is 124 Å². The second-order valence-corrected chi connectivity index (χ2v) is 7.32. The van der Waals surface area contributed by atoms with Gasteiger partial charge in [0, 0.05) is 16.3 Å². The minimum Gasteiger partial charge on any atom is -0.444 e. The first-order valence-corrected chi connectivity index (χ1v) is 7.89. The summed E-state index contributed by atoms with van der Waals surface area (Å²) in [5, 5.41) is 9.28. The highest BCUT2D eigenvalue weighted by atomic mass is 32.1. The maximum absolute atomic E-state index is 12.3. The van der Waals surface area contributed by atoms with Crippen LogP contribution in [0.3, 0.4) is 0 Å². The first-order chi connectivity index (χ1) is 9.35. The van der Waals surface area contributed by atoms with Crippen molar-refractivity contribution in [2.45, 2.75) is 58.8 Å². The van der Waals surface area contributed by atoms with Crippen molar-refractivity contribution in [1.82, 2.24) is 4.90 Å². The highest BCUT2D eigenvalue weighted by Gasteiger charge is 2.33. The second kappa shape index (κ2) is 5.74. The molecule has 1 aliphatic heterocycles. The van der Waals surface area contributed by atoms with E-state index in [0.29, 0.717) is 6.54 Å². The number of thiophene rings is 1. The summed E-state index contributed by atoms with van der Waals surface area (Å²) in [6, 6.07) is 2.09. The van der Waals surface area contributed by atoms with Crippen LogP contribution in [0.4, 0.5) is 4.79 Å². The molecule has 0 radical (unpaired) electrons. The lowest BCUT2D eigenvalue weighted by Gasteiger charge is -2.36. The lowest BCUT2D eigenvalue weighted by molar-refractivity contribution is 0.0139. The fraction of sp³-hybridized carbons (Fsp3) is 0.667. The molecule has 1 aromatic rings. The molecule has 0 aliphatic carbocycles. The number of ether oxygens (including phenoxy) is 1. The molecule has 0 fully saturated rings. The molecule has 0 spiro atoms. The van der Waals surface area contributed by atoms with Gasteiger partial charge in [0.25, 0.3) is 0 Å². The van der Waals surface area contributed by atoms with E-state index < -0.39 is 5.60 Å². The summed E-state index contributed by atoms with van der Waals surface area (Å²) in [6.07, 6.45) is 1.45. The van der Waals surface area contributed by atoms with Crippen LogP contribution in [-0.2, 0) is 17.8 Å². The Morgan fingerprint density at radius 1 is 1.55 bits per heavy atom. The molecule has 1 unspecified atom stereocenters. The fourth-order valence-electron chi connectivity index (χ4n) is 2.58. The van der Waals surface area contributed by atoms with Crippen molar-refractivity contribution in [1.29, 1.82) is 0 Å². The summed E-state index contributed by atoms with van der Waals surface area (Å²) in [4.78, 5) is 16.4. The molecular formula is C15H23NO3S. The maximum Gasteiger partial charge on any atom is 0.410 e. The smallest absolute Gasteiger partial charge is 0.410 e. The second-order valence-electron chi connectivity index (χ2n) is 6.10. The Kier molecular flexibility index (Phi) is 4.39. The number of carbonyl (C=O) groups is 1. The van der Waals surface area contributed by atoms with Crippen LogP contribution in [0.15, 0.2) is 6.07 Å². The maximum atomic E-state index is 12.3. The van der Waals surface area contributed by atoms with Gasteiger partial charge in [-0.25, -0.2) is 4.79 Å². The molecule has 1 N–H and O–H groups in total. The van der Waals surface area contributed by atoms with Gasteiger partial charge < -0.3 is 14.7 Å². The van der Waals surface area contributed by atoms with Gasteiger partial charge in [0.1, 0.15) is 5.60 Å². The number of aliphatic hydroxyl groups excluding tert-OH is 1. The highest BCUT2D eigenvalue weighted by molar-refractivity contribution is 7.12. The molecule has 0 saturated heterocycles. The van der Waals surface area contributed by atoms with Gasteiger partial charge in [0.15, 0.2) is 0 Å². The Balaban J connectivity index is 2.22. The van der Waals surface area contributed by atoms with E-state index in [1.54, 1.807) is 11.3 Å². The first kappa shape index (κ1) is 15.3. The quantitative estimate of drug-likeness (QED) is 0.909. The van der Waals surface area contributed by atoms with Gasteiger partial charge in [-0.15, -0.1) is 11.3 Å². The van der Waals surface area contributed by atoms with Crippen LogP contribution in [0, 0.1) is 0 Å². The van der Waals surface area contributed by atoms with Crippen LogP contribution in [0.25, 0.3) is 0 Å². The molecule has 1 amide bonds. The minimum atomic E-state index is -0.472. The van der Waals surface area contributed by atoms with Crippen molar-refractivity contribution in [2.24, 2.45) is 0 Å². The monoisotopic (exact) mass is 297 g/mol. The van der Waals surface area contributed by atoms with E-state index in [9.17, 15) is 9.90 Å². The van der Waals surface area contributed by atoms with E-state index in [1.807, 2.05) is 31.7 Å². The van der Waals surface area contributed by atoms with E-state index >= 15 is 0 Å². The van der Waals surface area contributed by atoms with Crippen LogP contribution < -0.4 is 0 Å². The molecule has 112 valence electrons. The lowest BCUT2D eigenvalue weighted by Crippen LogP contribution is -2.42. The van der Waals surface area contributed by atoms with Crippen LogP contribution in [0.2, 0.25) is 0 Å². The van der Waals surface area contributed by atoms with Gasteiger partial charge in [-0.2, -0.15) is 0 Å². The number of nitrogens with zero attached hydrogens (tertiary/aromatic N) is 1. The largest absolute Gasteiger partial charge is 0.444 e. The molecule has 2 heterocycles. The van der Waals surface area contributed by atoms with E-state index in [0.717, 1.165) is 17.7 Å². The predicted octanol–water partition coefficient (Wildman–Crippen LogP) is 3.48. The zero-order valence-electron chi connectivity index (χ0n) is 12.6. The Morgan fingerprint density at radius 3 is 2.80 bits per heavy atom. The van der Waals surface area contributed by atoms with Gasteiger partial charge in [0.2, 0.25) is 0 Å². The number of rotatable bonds is 2. The number of amides is 1. The minimum absolute atomic E-state index is 0.0603. The zero-order valence-corrected chi connectivity index (χ0v) is 13.4. The molecular weight excluding hydrogens is 274 g/mol. The Morgan fingerprint density at radius 2 is 2.25 bits per heavy atom. The molecule has 1 aliphatic rings. The number of hydrogen-bond acceptors (Lipinski definition) is 4. The van der Waals surface area contributed by atoms with Gasteiger partial charge in [-0.3, -0.25) is 0 Å². The van der Waals surface area contributed by atoms with Crippen molar-refractivity contribution < 1.29 is 14.6 Å². The van der Waals surface area contributed by atoms with Crippen LogP contribution in [-0.4, -0.2) is 28.2 Å². The third-order valence-electron chi connectivity index (χ3n) is 3.38. The van der Waals surface area contributed by atoms with Gasteiger partial charge >= 0.3 is 6.09 Å². The van der Waals surface area contributed by atoms with Crippen molar-refractivity contribution in [3.8, 4) is 0 Å². The highest BCUT2D eigenvalue weighted by Crippen LogP contribution is 2.38. The van der Waals surface area contributed by atoms with Crippen molar-refractivity contribution in [3.63, 3.8) is 0 Å². The topological polar surface area (TPSA) is 49.8 Å². The average Bonchev–Trinajstić information content (AvgIpc) is 2.78. The third kappa shape index (κ3) is 3.15.